The summed E-state index contributed by atoms with van der Waals surface area (Å²) in [7, 11) is 1.77. The molecule has 8 nitrogen and oxygen atoms in total. The van der Waals surface area contributed by atoms with Gasteiger partial charge < -0.3 is 5.32 Å². The van der Waals surface area contributed by atoms with E-state index in [4.69, 9.17) is 11.6 Å². The largest absolute Gasteiger partial charge is 0.303 e. The third-order valence-corrected chi connectivity index (χ3v) is 5.96. The molecule has 4 aromatic rings. The molecule has 1 atom stereocenters. The van der Waals surface area contributed by atoms with Crippen molar-refractivity contribution >= 4 is 29.1 Å². The van der Waals surface area contributed by atoms with Crippen LogP contribution < -0.4 is 5.32 Å². The molecule has 3 heterocycles. The normalized spacial score (nSPS) is 14.7. The van der Waals surface area contributed by atoms with Crippen LogP contribution in [0.5, 0.6) is 0 Å². The number of aromatic nitrogens is 5. The van der Waals surface area contributed by atoms with Crippen LogP contribution in [0.2, 0.25) is 5.02 Å². The molecule has 1 aliphatic rings. The van der Waals surface area contributed by atoms with Crippen LogP contribution in [0.25, 0.3) is 0 Å². The lowest BCUT2D eigenvalue weighted by atomic mass is 9.92. The molecule has 1 amide bonds. The Morgan fingerprint density at radius 3 is 2.71 bits per heavy atom. The number of rotatable bonds is 3. The number of ketones is 1. The van der Waals surface area contributed by atoms with Gasteiger partial charge in [0.15, 0.2) is 23.1 Å². The fourth-order valence-electron chi connectivity index (χ4n) is 3.89. The van der Waals surface area contributed by atoms with E-state index < -0.39 is 11.7 Å². The van der Waals surface area contributed by atoms with E-state index in [0.29, 0.717) is 17.5 Å². The minimum atomic E-state index is -0.740. The van der Waals surface area contributed by atoms with Crippen LogP contribution in [0.4, 0.5) is 10.2 Å². The van der Waals surface area contributed by atoms with E-state index in [9.17, 15) is 14.0 Å². The van der Waals surface area contributed by atoms with Gasteiger partial charge in [-0.25, -0.2) is 9.37 Å². The number of carbonyl (C=O) groups excluding carboxylic acids is 2. The highest BCUT2D eigenvalue weighted by atomic mass is 35.5. The van der Waals surface area contributed by atoms with E-state index >= 15 is 0 Å². The molecule has 174 valence electrons. The van der Waals surface area contributed by atoms with E-state index in [2.05, 4.69) is 32.3 Å². The summed E-state index contributed by atoms with van der Waals surface area (Å²) >= 11 is 6.26. The van der Waals surface area contributed by atoms with Gasteiger partial charge in [0.2, 0.25) is 0 Å². The van der Waals surface area contributed by atoms with Crippen molar-refractivity contribution in [1.29, 1.82) is 0 Å². The lowest BCUT2D eigenvalue weighted by Gasteiger charge is -2.22. The Labute approximate surface area is 204 Å². The zero-order valence-electron chi connectivity index (χ0n) is 18.5. The molecule has 0 saturated heterocycles. The first-order valence-corrected chi connectivity index (χ1v) is 11.1. The number of Topliss-reactive ketones (excluding diaryl/α,β-unsaturated/α-hetero) is 1. The summed E-state index contributed by atoms with van der Waals surface area (Å²) in [5.41, 5.74) is 2.45. The van der Waals surface area contributed by atoms with Gasteiger partial charge in [0, 0.05) is 43.4 Å². The van der Waals surface area contributed by atoms with Gasteiger partial charge in [-0.1, -0.05) is 41.6 Å². The molecule has 0 fully saturated rings. The number of pyridine rings is 1. The van der Waals surface area contributed by atoms with Crippen LogP contribution in [0.3, 0.4) is 0 Å². The first-order chi connectivity index (χ1) is 16.9. The number of benzene rings is 1. The second-order valence-corrected chi connectivity index (χ2v) is 8.45. The van der Waals surface area contributed by atoms with Gasteiger partial charge >= 0.3 is 0 Å². The SMILES string of the molecule is Cn1ncc2c1CC(n1cc(Cl)c(C(=O)Nc3ncc(C#Cc4ccccc4)cc3F)n1)CC2=O. The number of aryl methyl sites for hydroxylation is 1. The summed E-state index contributed by atoms with van der Waals surface area (Å²) < 4.78 is 17.7. The van der Waals surface area contributed by atoms with Gasteiger partial charge in [0.1, 0.15) is 0 Å². The summed E-state index contributed by atoms with van der Waals surface area (Å²) in [4.78, 5) is 29.2. The standard InChI is InChI=1S/C25H18ClFN6O2/c1-32-21-10-17(11-22(34)18(21)13-29-32)33-14-19(26)23(31-33)25(35)30-24-20(27)9-16(12-28-24)8-7-15-5-3-2-4-6-15/h2-6,9,12-14,17H,10-11H2,1H3,(H,28,30,35). The van der Waals surface area contributed by atoms with Crippen molar-refractivity contribution in [3.05, 3.63) is 93.9 Å². The predicted octanol–water partition coefficient (Wildman–Crippen LogP) is 3.83. The zero-order chi connectivity index (χ0) is 24.5. The Kier molecular flexibility index (Phi) is 5.89. The zero-order valence-corrected chi connectivity index (χ0v) is 19.3. The third-order valence-electron chi connectivity index (χ3n) is 5.69. The molecule has 1 unspecified atom stereocenters. The number of hydrogen-bond acceptors (Lipinski definition) is 5. The second-order valence-electron chi connectivity index (χ2n) is 8.04. The predicted molar refractivity (Wildman–Crippen MR) is 127 cm³/mol. The Morgan fingerprint density at radius 1 is 1.17 bits per heavy atom. The van der Waals surface area contributed by atoms with Gasteiger partial charge in [-0.2, -0.15) is 10.2 Å². The van der Waals surface area contributed by atoms with Crippen molar-refractivity contribution in [2.45, 2.75) is 18.9 Å². The van der Waals surface area contributed by atoms with Gasteiger partial charge in [0.05, 0.1) is 28.5 Å². The van der Waals surface area contributed by atoms with E-state index in [1.165, 1.54) is 23.1 Å². The lowest BCUT2D eigenvalue weighted by molar-refractivity contribution is 0.0946. The smallest absolute Gasteiger partial charge is 0.278 e. The number of nitrogens with zero attached hydrogens (tertiary/aromatic N) is 5. The quantitative estimate of drug-likeness (QED) is 0.442. The number of amides is 1. The maximum atomic E-state index is 14.6. The highest BCUT2D eigenvalue weighted by Crippen LogP contribution is 2.30. The highest BCUT2D eigenvalue weighted by Gasteiger charge is 2.31. The van der Waals surface area contributed by atoms with Crippen molar-refractivity contribution in [2.24, 2.45) is 7.05 Å². The summed E-state index contributed by atoms with van der Waals surface area (Å²) in [5, 5.41) is 10.9. The molecular formula is C25H18ClFN6O2. The second kappa shape index (κ2) is 9.16. The average Bonchev–Trinajstić information content (AvgIpc) is 3.43. The van der Waals surface area contributed by atoms with Crippen molar-refractivity contribution in [3.63, 3.8) is 0 Å². The fourth-order valence-corrected chi connectivity index (χ4v) is 4.11. The van der Waals surface area contributed by atoms with Crippen molar-refractivity contribution in [2.75, 3.05) is 5.32 Å². The van der Waals surface area contributed by atoms with E-state index in [1.54, 1.807) is 17.9 Å². The first kappa shape index (κ1) is 22.5. The Morgan fingerprint density at radius 2 is 1.94 bits per heavy atom. The maximum Gasteiger partial charge on any atom is 0.278 e. The summed E-state index contributed by atoms with van der Waals surface area (Å²) in [6.07, 6.45) is 5.14. The summed E-state index contributed by atoms with van der Waals surface area (Å²) in [6.45, 7) is 0. The van der Waals surface area contributed by atoms with Crippen molar-refractivity contribution < 1.29 is 14.0 Å². The lowest BCUT2D eigenvalue weighted by Crippen LogP contribution is -2.25. The van der Waals surface area contributed by atoms with Crippen LogP contribution in [-0.2, 0) is 13.5 Å². The molecule has 0 saturated carbocycles. The molecule has 1 aliphatic carbocycles. The van der Waals surface area contributed by atoms with Crippen LogP contribution >= 0.6 is 11.6 Å². The number of halogens is 2. The number of fused-ring (bicyclic) bond motifs is 1. The molecule has 3 aromatic heterocycles. The molecule has 0 aliphatic heterocycles. The Hall–Kier alpha value is -4.29. The van der Waals surface area contributed by atoms with Gasteiger partial charge in [0.25, 0.3) is 5.91 Å². The molecule has 35 heavy (non-hydrogen) atoms. The molecule has 1 aromatic carbocycles. The first-order valence-electron chi connectivity index (χ1n) is 10.7. The van der Waals surface area contributed by atoms with Gasteiger partial charge in [-0.15, -0.1) is 0 Å². The van der Waals surface area contributed by atoms with Crippen LogP contribution in [-0.4, -0.2) is 36.2 Å². The van der Waals surface area contributed by atoms with Crippen LogP contribution in [0.15, 0.2) is 55.0 Å². The Balaban J connectivity index is 1.32. The minimum Gasteiger partial charge on any atom is -0.303 e. The van der Waals surface area contributed by atoms with E-state index in [-0.39, 0.29) is 34.8 Å². The number of nitrogens with one attached hydrogen (secondary N) is 1. The van der Waals surface area contributed by atoms with Gasteiger partial charge in [-0.05, 0) is 18.2 Å². The van der Waals surface area contributed by atoms with E-state index in [0.717, 1.165) is 11.3 Å². The third kappa shape index (κ3) is 4.56. The molecule has 5 rings (SSSR count). The summed E-state index contributed by atoms with van der Waals surface area (Å²) in [5.74, 6) is 3.99. The van der Waals surface area contributed by atoms with Crippen molar-refractivity contribution in [3.8, 4) is 11.8 Å². The molecule has 0 radical (unpaired) electrons. The van der Waals surface area contributed by atoms with Crippen molar-refractivity contribution in [1.82, 2.24) is 24.5 Å². The molecule has 10 heteroatoms. The Bertz CT molecular complexity index is 1520. The van der Waals surface area contributed by atoms with Gasteiger partial charge in [-0.3, -0.25) is 19.0 Å². The van der Waals surface area contributed by atoms with Crippen LogP contribution in [0.1, 0.15) is 50.1 Å². The monoisotopic (exact) mass is 488 g/mol. The minimum absolute atomic E-state index is 0.0521. The molecule has 0 spiro atoms. The maximum absolute atomic E-state index is 14.6. The van der Waals surface area contributed by atoms with Crippen LogP contribution in [0, 0.1) is 17.7 Å². The number of anilines is 1. The molecular weight excluding hydrogens is 471 g/mol. The topological polar surface area (TPSA) is 94.7 Å². The molecule has 0 bridgehead atoms. The highest BCUT2D eigenvalue weighted by molar-refractivity contribution is 6.34. The fraction of sp³-hybridized carbons (Fsp3) is 0.160. The van der Waals surface area contributed by atoms with E-state index in [1.807, 2.05) is 30.3 Å². The summed E-state index contributed by atoms with van der Waals surface area (Å²) in [6, 6.07) is 10.1. The molecule has 1 N–H and O–H groups in total. The number of hydrogen-bond donors (Lipinski definition) is 1. The number of carbonyl (C=O) groups is 2. The average molecular weight is 489 g/mol.